The monoisotopic (exact) mass is 752 g/mol. The van der Waals surface area contributed by atoms with Gasteiger partial charge in [-0.2, -0.15) is 4.98 Å². The van der Waals surface area contributed by atoms with Crippen molar-refractivity contribution in [1.82, 2.24) is 29.3 Å². The van der Waals surface area contributed by atoms with Crippen LogP contribution in [0.5, 0.6) is 0 Å². The van der Waals surface area contributed by atoms with E-state index >= 15 is 0 Å². The number of nitrogens with two attached hydrogens (primary N) is 3. The second kappa shape index (κ2) is 17.2. The number of amides is 1. The van der Waals surface area contributed by atoms with Crippen molar-refractivity contribution in [2.24, 2.45) is 17.2 Å². The second-order valence-corrected chi connectivity index (χ2v) is 19.1. The maximum absolute atomic E-state index is 12.6. The Bertz CT molecular complexity index is 1660. The van der Waals surface area contributed by atoms with Crippen LogP contribution >= 0.6 is 0 Å². The number of anilines is 1. The van der Waals surface area contributed by atoms with Gasteiger partial charge >= 0.3 is 0 Å². The van der Waals surface area contributed by atoms with Crippen molar-refractivity contribution < 1.29 is 21.6 Å². The van der Waals surface area contributed by atoms with E-state index in [4.69, 9.17) is 22.2 Å². The molecule has 288 valence electrons. The van der Waals surface area contributed by atoms with Gasteiger partial charge in [0.2, 0.25) is 26.0 Å². The summed E-state index contributed by atoms with van der Waals surface area (Å²) in [7, 11) is -6.21. The Balaban J connectivity index is 0.000000206. The van der Waals surface area contributed by atoms with Gasteiger partial charge in [0, 0.05) is 54.4 Å². The van der Waals surface area contributed by atoms with Crippen LogP contribution in [0.15, 0.2) is 12.3 Å². The molecule has 4 saturated carbocycles. The molecule has 0 unspecified atom stereocenters. The Kier molecular flexibility index (Phi) is 13.4. The van der Waals surface area contributed by atoms with Gasteiger partial charge in [0.1, 0.15) is 11.3 Å². The van der Waals surface area contributed by atoms with Crippen molar-refractivity contribution in [3.63, 3.8) is 0 Å². The first kappa shape index (κ1) is 39.8. The number of aromatic nitrogens is 3. The number of sulfonamides is 2. The fourth-order valence-corrected chi connectivity index (χ4v) is 9.94. The summed E-state index contributed by atoms with van der Waals surface area (Å²) in [4.78, 5) is 21.9. The molecule has 0 radical (unpaired) electrons. The Morgan fingerprint density at radius 2 is 1.22 bits per heavy atom. The van der Waals surface area contributed by atoms with E-state index in [9.17, 15) is 21.6 Å². The van der Waals surface area contributed by atoms with Gasteiger partial charge in [0.05, 0.1) is 18.1 Å². The van der Waals surface area contributed by atoms with Gasteiger partial charge in [0.25, 0.3) is 5.91 Å². The maximum atomic E-state index is 12.6. The highest BCUT2D eigenvalue weighted by Crippen LogP contribution is 2.40. The van der Waals surface area contributed by atoms with Gasteiger partial charge in [-0.1, -0.05) is 19.3 Å². The lowest BCUT2D eigenvalue weighted by Crippen LogP contribution is -2.52. The van der Waals surface area contributed by atoms with Gasteiger partial charge < -0.3 is 32.4 Å². The molecule has 15 nitrogen and oxygen atoms in total. The highest BCUT2D eigenvalue weighted by Gasteiger charge is 2.41. The Morgan fingerprint density at radius 3 is 1.73 bits per heavy atom. The van der Waals surface area contributed by atoms with E-state index in [0.29, 0.717) is 30.3 Å². The third-order valence-corrected chi connectivity index (χ3v) is 12.5. The molecule has 0 atom stereocenters. The minimum Gasteiger partial charge on any atom is -0.351 e. The summed E-state index contributed by atoms with van der Waals surface area (Å²) in [6.07, 6.45) is 21.2. The first-order chi connectivity index (χ1) is 24.1. The molecule has 17 heteroatoms. The maximum Gasteiger partial charge on any atom is 0.268 e. The summed E-state index contributed by atoms with van der Waals surface area (Å²) >= 11 is 0. The molecule has 1 amide bonds. The topological polar surface area (TPSA) is 242 Å². The Morgan fingerprint density at radius 1 is 0.745 bits per heavy atom. The summed E-state index contributed by atoms with van der Waals surface area (Å²) in [5.74, 6) is 0.533. The fraction of sp³-hybridized carbons (Fsp3) is 0.794. The molecular formula is C34H60N10O5S2. The first-order valence-corrected chi connectivity index (χ1v) is 22.5. The number of nitrogens with one attached hydrogen (secondary N) is 4. The highest BCUT2D eigenvalue weighted by atomic mass is 32.2. The van der Waals surface area contributed by atoms with Gasteiger partial charge in [-0.05, 0) is 96.0 Å². The van der Waals surface area contributed by atoms with Crippen LogP contribution in [-0.2, 0) is 25.6 Å². The Hall–Kier alpha value is -2.41. The molecule has 4 aliphatic carbocycles. The smallest absolute Gasteiger partial charge is 0.268 e. The first-order valence-electron chi connectivity index (χ1n) is 18.7. The zero-order valence-electron chi connectivity index (χ0n) is 30.3. The predicted octanol–water partition coefficient (Wildman–Crippen LogP) is 2.13. The van der Waals surface area contributed by atoms with Crippen molar-refractivity contribution >= 4 is 42.9 Å². The molecule has 1 spiro atoms. The zero-order chi connectivity index (χ0) is 36.8. The largest absolute Gasteiger partial charge is 0.351 e. The molecule has 51 heavy (non-hydrogen) atoms. The molecule has 0 bridgehead atoms. The van der Waals surface area contributed by atoms with E-state index in [-0.39, 0.29) is 35.6 Å². The quantitative estimate of drug-likeness (QED) is 0.225. The van der Waals surface area contributed by atoms with E-state index in [1.807, 2.05) is 6.07 Å². The predicted molar refractivity (Wildman–Crippen MR) is 201 cm³/mol. The van der Waals surface area contributed by atoms with Crippen LogP contribution in [0.2, 0.25) is 0 Å². The highest BCUT2D eigenvalue weighted by molar-refractivity contribution is 7.89. The molecule has 1 aliphatic heterocycles. The molecule has 2 aromatic heterocycles. The SMILES string of the molecule is CS(=O)(=O)NC1CCC(N)CC1.CS(=O)(=O)NC1CCC(Nc2ncc3cc4n(c3n2)C2(CCCCC2)CNC4=O)CC1.NC1CCC(N)CC1. The van der Waals surface area contributed by atoms with Crippen LogP contribution in [0, 0.1) is 0 Å². The summed E-state index contributed by atoms with van der Waals surface area (Å²) in [6, 6.07) is 3.37. The van der Waals surface area contributed by atoms with E-state index in [1.165, 1.54) is 18.9 Å². The molecule has 2 aromatic rings. The molecule has 0 saturated heterocycles. The van der Waals surface area contributed by atoms with Crippen LogP contribution < -0.4 is 37.3 Å². The molecule has 10 N–H and O–H groups in total. The standard InChI is InChI=1S/C21H30N6O3S.C7H16N2O2S.C6H14N2/c1-31(29,30)26-16-7-5-15(6-8-16)24-20-22-12-14-11-17-19(28)23-13-21(9-3-2-4-10-21)27(17)18(14)25-20;1-12(10,11)9-7-4-2-6(8)3-5-7;7-5-1-2-6(8)4-3-5/h11-12,15-16,26H,2-10,13H2,1H3,(H,23,28)(H,22,24,25);6-7,9H,2-5,8H2,1H3;5-6H,1-4,7-8H2. The average Bonchev–Trinajstić information content (AvgIpc) is 3.47. The fourth-order valence-electron chi connectivity index (χ4n) is 8.26. The number of hydrogen-bond donors (Lipinski definition) is 7. The number of nitrogens with zero attached hydrogens (tertiary/aromatic N) is 3. The van der Waals surface area contributed by atoms with Gasteiger partial charge in [-0.3, -0.25) is 4.79 Å². The van der Waals surface area contributed by atoms with Crippen LogP contribution in [-0.4, -0.2) is 92.6 Å². The van der Waals surface area contributed by atoms with Crippen LogP contribution in [0.4, 0.5) is 5.95 Å². The summed E-state index contributed by atoms with van der Waals surface area (Å²) < 4.78 is 52.1. The molecule has 5 aliphatic rings. The minimum atomic E-state index is -3.18. The van der Waals surface area contributed by atoms with Gasteiger partial charge in [-0.15, -0.1) is 0 Å². The van der Waals surface area contributed by atoms with Crippen LogP contribution in [0.25, 0.3) is 11.0 Å². The molecule has 0 aromatic carbocycles. The lowest BCUT2D eigenvalue weighted by atomic mass is 9.80. The number of fused-ring (bicyclic) bond motifs is 4. The zero-order valence-corrected chi connectivity index (χ0v) is 31.9. The average molecular weight is 753 g/mol. The van der Waals surface area contributed by atoms with E-state index in [1.54, 1.807) is 6.20 Å². The molecular weight excluding hydrogens is 693 g/mol. The van der Waals surface area contributed by atoms with Gasteiger partial charge in [-0.25, -0.2) is 31.3 Å². The molecule has 3 heterocycles. The number of hydrogen-bond acceptors (Lipinski definition) is 11. The second-order valence-electron chi connectivity index (χ2n) is 15.6. The summed E-state index contributed by atoms with van der Waals surface area (Å²) in [5.41, 5.74) is 18.4. The van der Waals surface area contributed by atoms with E-state index in [2.05, 4.69) is 29.6 Å². The number of carbonyl (C=O) groups is 1. The van der Waals surface area contributed by atoms with Crippen molar-refractivity contribution in [3.8, 4) is 0 Å². The number of carbonyl (C=O) groups excluding carboxylic acids is 1. The molecule has 7 rings (SSSR count). The van der Waals surface area contributed by atoms with Crippen molar-refractivity contribution in [2.45, 2.75) is 151 Å². The normalized spacial score (nSPS) is 29.5. The summed E-state index contributed by atoms with van der Waals surface area (Å²) in [6.45, 7) is 0.659. The van der Waals surface area contributed by atoms with Crippen LogP contribution in [0.1, 0.15) is 120 Å². The van der Waals surface area contributed by atoms with E-state index < -0.39 is 20.0 Å². The molecule has 4 fully saturated rings. The Labute approximate surface area is 303 Å². The third-order valence-electron chi connectivity index (χ3n) is 11.0. The minimum absolute atomic E-state index is 0.00114. The van der Waals surface area contributed by atoms with Crippen molar-refractivity contribution in [1.29, 1.82) is 0 Å². The van der Waals surface area contributed by atoms with E-state index in [0.717, 1.165) is 114 Å². The lowest BCUT2D eigenvalue weighted by Gasteiger charge is -2.42. The third kappa shape index (κ3) is 11.5. The number of rotatable bonds is 6. The van der Waals surface area contributed by atoms with Crippen molar-refractivity contribution in [3.05, 3.63) is 18.0 Å². The van der Waals surface area contributed by atoms with Gasteiger partial charge in [0.15, 0.2) is 0 Å². The summed E-state index contributed by atoms with van der Waals surface area (Å²) in [5, 5.41) is 7.42. The lowest BCUT2D eigenvalue weighted by molar-refractivity contribution is 0.0833. The van der Waals surface area contributed by atoms with Crippen molar-refractivity contribution in [2.75, 3.05) is 24.4 Å². The van der Waals surface area contributed by atoms with Crippen LogP contribution in [0.3, 0.4) is 0 Å².